The van der Waals surface area contributed by atoms with Crippen molar-refractivity contribution in [3.63, 3.8) is 0 Å². The van der Waals surface area contributed by atoms with E-state index in [1.54, 1.807) is 35.9 Å². The summed E-state index contributed by atoms with van der Waals surface area (Å²) in [4.78, 5) is 89.8. The smallest absolute Gasteiger partial charge is 0.494 e. The number of phenols is 1. The first kappa shape index (κ1) is 111. The van der Waals surface area contributed by atoms with E-state index < -0.39 is 16.8 Å². The molecule has 13 heterocycles. The van der Waals surface area contributed by atoms with Gasteiger partial charge in [-0.1, -0.05) is 67.6 Å². The van der Waals surface area contributed by atoms with Gasteiger partial charge in [-0.3, -0.25) is 14.4 Å². The number of likely N-dealkylation sites (tertiary alicyclic amines) is 4. The lowest BCUT2D eigenvalue weighted by molar-refractivity contribution is -0.118. The number of benzene rings is 4. The Labute approximate surface area is 871 Å². The van der Waals surface area contributed by atoms with E-state index in [0.717, 1.165) is 162 Å². The number of anilines is 3. The number of β-amino-alcohol motifs (C(OH)–C–C–N with tert-alkyl or cyclic N) is 1. The monoisotopic (exact) mass is 2090 g/mol. The zero-order valence-electron chi connectivity index (χ0n) is 88.9. The predicted molar refractivity (Wildman–Crippen MR) is 570 cm³/mol. The van der Waals surface area contributed by atoms with Crippen molar-refractivity contribution in [2.75, 3.05) is 81.4 Å². The number of amides is 7. The van der Waals surface area contributed by atoms with Gasteiger partial charge in [-0.15, -0.1) is 5.10 Å². The van der Waals surface area contributed by atoms with Crippen LogP contribution in [-0.2, 0) is 51.9 Å². The maximum absolute atomic E-state index is 12.3. The van der Waals surface area contributed by atoms with Crippen LogP contribution in [0, 0.1) is 23.7 Å². The third kappa shape index (κ3) is 31.6. The zero-order valence-corrected chi connectivity index (χ0v) is 90.5. The molecule has 37 heteroatoms. The van der Waals surface area contributed by atoms with Crippen molar-refractivity contribution in [2.24, 2.45) is 23.7 Å². The summed E-state index contributed by atoms with van der Waals surface area (Å²) in [5.74, 6) is 5.79. The molecule has 10 fully saturated rings. The molecule has 0 unspecified atom stereocenters. The molecule has 790 valence electrons. The molecule has 0 radical (unpaired) electrons. The number of aromatic hydroxyl groups is 1. The topological polar surface area (TPSA) is 374 Å². The molecule has 3 aliphatic carbocycles. The van der Waals surface area contributed by atoms with Crippen molar-refractivity contribution in [2.45, 2.75) is 285 Å². The number of phenolic OH excluding ortho intramolecular Hbond substituents is 1. The molecule has 6 aromatic heterocycles. The van der Waals surface area contributed by atoms with E-state index in [1.807, 2.05) is 283 Å². The van der Waals surface area contributed by atoms with Crippen LogP contribution in [0.4, 0.5) is 36.6 Å². The Balaban J connectivity index is 0.000000140. The normalized spacial score (nSPS) is 20.5. The zero-order chi connectivity index (χ0) is 106. The Kier molecular flexibility index (Phi) is 34.9. The molecule has 7 saturated heterocycles. The van der Waals surface area contributed by atoms with E-state index in [2.05, 4.69) is 77.6 Å². The minimum Gasteiger partial charge on any atom is -0.508 e. The average molecular weight is 2090 g/mol. The van der Waals surface area contributed by atoms with Crippen molar-refractivity contribution < 1.29 is 95.6 Å². The van der Waals surface area contributed by atoms with Crippen LogP contribution in [0.5, 0.6) is 23.0 Å². The van der Waals surface area contributed by atoms with Crippen LogP contribution in [0.15, 0.2) is 175 Å². The van der Waals surface area contributed by atoms with Crippen LogP contribution >= 0.6 is 15.9 Å². The fourth-order valence-electron chi connectivity index (χ4n) is 16.7. The Morgan fingerprint density at radius 2 is 0.721 bits per heavy atom. The van der Waals surface area contributed by atoms with E-state index in [1.165, 1.54) is 4.90 Å². The summed E-state index contributed by atoms with van der Waals surface area (Å²) in [7, 11) is -0.737. The molecule has 5 atom stereocenters. The molecule has 20 rings (SSSR count). The molecule has 147 heavy (non-hydrogen) atoms. The maximum Gasteiger partial charge on any atom is 0.494 e. The lowest BCUT2D eigenvalue weighted by Gasteiger charge is -2.32. The van der Waals surface area contributed by atoms with Gasteiger partial charge in [-0.2, -0.15) is 10.2 Å². The highest BCUT2D eigenvalue weighted by Crippen LogP contribution is 2.41. The summed E-state index contributed by atoms with van der Waals surface area (Å²) in [5.41, 5.74) is 5.77. The van der Waals surface area contributed by atoms with Crippen molar-refractivity contribution >= 4 is 117 Å². The number of hydrogen-bond acceptors (Lipinski definition) is 24. The molecule has 0 bridgehead atoms. The second-order valence-corrected chi connectivity index (χ2v) is 46.1. The van der Waals surface area contributed by atoms with Gasteiger partial charge >= 0.3 is 38.6 Å². The first-order valence-electron chi connectivity index (χ1n) is 51.3. The first-order chi connectivity index (χ1) is 69.2. The quantitative estimate of drug-likeness (QED) is 0.0386. The minimum absolute atomic E-state index is 0.0322. The number of nitrogens with zero attached hydrogens (tertiary/aromatic N) is 10. The molecule has 6 N–H and O–H groups in total. The molecule has 0 spiro atoms. The van der Waals surface area contributed by atoms with Crippen molar-refractivity contribution in [1.82, 2.24) is 53.8 Å². The van der Waals surface area contributed by atoms with Gasteiger partial charge in [0.1, 0.15) is 63.7 Å². The Hall–Kier alpha value is -12.0. The Morgan fingerprint density at radius 3 is 1.05 bits per heavy atom. The molecular weight excluding hydrogens is 1940 g/mol. The molecular formula is C110H147B2BrN14O20. The number of rotatable bonds is 16. The molecule has 10 aromatic rings. The number of hydrogen-bond donors (Lipinski definition) is 6. The molecule has 7 aliphatic heterocycles. The Bertz CT molecular complexity index is 6120. The van der Waals surface area contributed by atoms with Crippen LogP contribution in [-0.4, -0.2) is 250 Å². The highest BCUT2D eigenvalue weighted by atomic mass is 79.9. The number of carbonyl (C=O) groups is 7. The summed E-state index contributed by atoms with van der Waals surface area (Å²) in [6.45, 7) is 47.7. The Morgan fingerprint density at radius 1 is 0.401 bits per heavy atom. The van der Waals surface area contributed by atoms with Gasteiger partial charge in [0.15, 0.2) is 17.5 Å². The van der Waals surface area contributed by atoms with Gasteiger partial charge in [0.05, 0.1) is 58.1 Å². The molecule has 4 aromatic carbocycles. The standard InChI is InChI=1S/C26H30N4O4.C21H32BNO5.C21H22N4O2.C12H17BO3.C11H10BrN3O.C10H19NO2.C9H17NO3/c1-26(2,3)34-25(32)29-14-12-20(16-29)33-19-10-8-17(9-11-19)21-5-4-13-30-22(21)15-23(28-30)27-24(31)18-6-7-18;1-19(2,3)26-18(24)23-13-12-17(14-23)25-16-10-8-15(9-11-16)22-27-20(4,5)21(6,7)28-22;26-21(15-3-4-15)23-20-12-19-18(2-1-11-25(19)24-20)14-5-7-16(8-6-14)27-17-9-10-22-13-17;1-11(2)12(3,4)16-13(15-11)9-5-7-10(14)8-6-9;12-8-2-1-5-15-9(8)6-10(14-15)13-11(16)7-3-4-7;1-8-5-6-11(7-8)9(12)13-10(2,3)4;1-9(2,3)13-8(12)10-5-4-7(11)6-10/h4-5,8-11,13,15,18,20H,6-7,12,14,16H2,1-3H3,(H,27,28,31);8-11,17H,12-14H2,1-7H3;1-2,5-8,11-12,15,17,22H,3-4,9-10,13H2,(H,23,24,26);5-8,14H,1-4H3;1-2,5-7H,3-4H2,(H,13,14,16);8H,5-7H2,1-4H3;7,11H,4-6H2,1-3H3/t20-;2*17-;;;8-;7-/m111..00/s1. The van der Waals surface area contributed by atoms with Gasteiger partial charge in [0.25, 0.3) is 0 Å². The summed E-state index contributed by atoms with van der Waals surface area (Å²) >= 11 is 3.44. The third-order valence-electron chi connectivity index (χ3n) is 26.6. The number of halogens is 1. The maximum atomic E-state index is 12.3. The lowest BCUT2D eigenvalue weighted by atomic mass is 9.79. The van der Waals surface area contributed by atoms with Crippen LogP contribution in [0.1, 0.15) is 216 Å². The number of nitrogens with one attached hydrogen (secondary N) is 4. The van der Waals surface area contributed by atoms with E-state index in [-0.39, 0.29) is 132 Å². The number of aliphatic hydroxyl groups excluding tert-OH is 1. The van der Waals surface area contributed by atoms with E-state index in [4.69, 9.17) is 51.8 Å². The van der Waals surface area contributed by atoms with Crippen molar-refractivity contribution in [3.05, 3.63) is 175 Å². The number of pyridine rings is 3. The summed E-state index contributed by atoms with van der Waals surface area (Å²) in [5, 5.41) is 43.7. The second-order valence-electron chi connectivity index (χ2n) is 45.3. The van der Waals surface area contributed by atoms with Crippen molar-refractivity contribution in [1.29, 1.82) is 0 Å². The highest BCUT2D eigenvalue weighted by molar-refractivity contribution is 9.10. The van der Waals surface area contributed by atoms with Crippen LogP contribution in [0.25, 0.3) is 38.8 Å². The SMILES string of the molecule is CC(C)(C)OC(=O)N1CC[C@@H](Oc2ccc(-c3cccn4nc(NC(=O)C5CC5)cc34)cc2)C1.CC(C)(C)OC(=O)N1CC[C@@H](Oc2ccc(B3OC(C)(C)C(C)(C)O3)cc2)C1.CC(C)(C)OC(=O)N1CC[C@H](O)C1.CC1(C)OB(c2ccc(O)cc2)OC1(C)C.C[C@H]1CCN(C(=O)OC(C)(C)C)C1.O=C(Nc1cc2c(-c3ccc(O[C@@H]4CCNC4)cc3)cccn2n1)C1CC1.O=C(Nc1cc2c(Br)cccn2n1)C1CC1. The van der Waals surface area contributed by atoms with Crippen LogP contribution in [0.2, 0.25) is 0 Å². The molecule has 10 aliphatic rings. The first-order valence-corrected chi connectivity index (χ1v) is 52.1. The largest absolute Gasteiger partial charge is 0.508 e. The number of fused-ring (bicyclic) bond motifs is 3. The number of aliphatic hydroxyl groups is 1. The fraction of sp³-hybridized carbons (Fsp3) is 0.527. The van der Waals surface area contributed by atoms with E-state index >= 15 is 0 Å². The van der Waals surface area contributed by atoms with Gasteiger partial charge in [-0.05, 0) is 320 Å². The molecule has 7 amide bonds. The van der Waals surface area contributed by atoms with Gasteiger partial charge in [0, 0.05) is 129 Å². The van der Waals surface area contributed by atoms with Crippen LogP contribution < -0.4 is 46.4 Å². The number of aromatic nitrogens is 6. The van der Waals surface area contributed by atoms with E-state index in [9.17, 15) is 43.8 Å². The second kappa shape index (κ2) is 46.4. The average Bonchev–Trinajstić information content (AvgIpc) is 1.62. The minimum atomic E-state index is -0.506. The third-order valence-corrected chi connectivity index (χ3v) is 27.3. The van der Waals surface area contributed by atoms with Crippen LogP contribution in [0.3, 0.4) is 0 Å². The lowest BCUT2D eigenvalue weighted by Crippen LogP contribution is -2.41. The molecule has 3 saturated carbocycles. The highest BCUT2D eigenvalue weighted by Gasteiger charge is 2.53. The number of ether oxygens (including phenoxy) is 7. The summed E-state index contributed by atoms with van der Waals surface area (Å²) in [6.07, 6.45) is 14.6. The number of carbonyl (C=O) groups excluding carboxylic acids is 7. The van der Waals surface area contributed by atoms with Crippen molar-refractivity contribution in [3.8, 4) is 45.3 Å². The molecule has 34 nitrogen and oxygen atoms in total. The summed E-state index contributed by atoms with van der Waals surface area (Å²) in [6, 6.07) is 48.4. The van der Waals surface area contributed by atoms with Gasteiger partial charge < -0.3 is 103 Å². The summed E-state index contributed by atoms with van der Waals surface area (Å²) < 4.78 is 69.7. The van der Waals surface area contributed by atoms with E-state index in [0.29, 0.717) is 69.1 Å². The fourth-order valence-corrected chi connectivity index (χ4v) is 17.2. The predicted octanol–water partition coefficient (Wildman–Crippen LogP) is 18.6. The van der Waals surface area contributed by atoms with Gasteiger partial charge in [-0.25, -0.2) is 32.7 Å². The van der Waals surface area contributed by atoms with Gasteiger partial charge in [0.2, 0.25) is 17.7 Å².